The number of hydrogen-bond acceptors (Lipinski definition) is 4. The highest BCUT2D eigenvalue weighted by Crippen LogP contribution is 2.23. The number of quaternary nitrogens is 1. The number of methoxy groups -OCH3 is 2. The van der Waals surface area contributed by atoms with Gasteiger partial charge in [0.25, 0.3) is 11.8 Å². The van der Waals surface area contributed by atoms with Crippen LogP contribution in [0.1, 0.15) is 21.5 Å². The van der Waals surface area contributed by atoms with Gasteiger partial charge in [0.2, 0.25) is 0 Å². The van der Waals surface area contributed by atoms with E-state index in [2.05, 4.69) is 5.32 Å². The van der Waals surface area contributed by atoms with Crippen LogP contribution in [-0.2, 0) is 4.79 Å². The molecule has 0 radical (unpaired) electrons. The van der Waals surface area contributed by atoms with Gasteiger partial charge in [-0.15, -0.1) is 0 Å². The zero-order valence-electron chi connectivity index (χ0n) is 18.1. The van der Waals surface area contributed by atoms with Gasteiger partial charge >= 0.3 is 0 Å². The Kier molecular flexibility index (Phi) is 6.95. The molecule has 1 heterocycles. The maximum atomic E-state index is 12.9. The Bertz CT molecular complexity index is 878. The average molecular weight is 413 g/mol. The van der Waals surface area contributed by atoms with Crippen molar-refractivity contribution in [1.29, 1.82) is 0 Å². The van der Waals surface area contributed by atoms with Crippen molar-refractivity contribution >= 4 is 17.5 Å². The monoisotopic (exact) mass is 412 g/mol. The van der Waals surface area contributed by atoms with Crippen LogP contribution in [0.25, 0.3) is 0 Å². The van der Waals surface area contributed by atoms with Gasteiger partial charge in [0.05, 0.1) is 40.4 Å². The van der Waals surface area contributed by atoms with Crippen LogP contribution in [0, 0.1) is 13.8 Å². The van der Waals surface area contributed by atoms with Crippen LogP contribution in [0.2, 0.25) is 0 Å². The molecule has 7 heteroatoms. The number of aryl methyl sites for hydroxylation is 2. The number of para-hydroxylation sites is 1. The number of nitrogens with zero attached hydrogens (tertiary/aromatic N) is 1. The molecule has 0 atom stereocenters. The molecule has 0 aliphatic carbocycles. The second-order valence-corrected chi connectivity index (χ2v) is 7.64. The fourth-order valence-electron chi connectivity index (χ4n) is 3.74. The molecule has 2 aromatic carbocycles. The van der Waals surface area contributed by atoms with E-state index < -0.39 is 0 Å². The SMILES string of the molecule is COc1cc(OC)cc(C(=O)N2CC[NH+](CC(=O)Nc3c(C)cccc3C)CC2)c1. The molecule has 1 fully saturated rings. The molecule has 0 unspecified atom stereocenters. The van der Waals surface area contributed by atoms with E-state index in [0.29, 0.717) is 36.7 Å². The van der Waals surface area contributed by atoms with Crippen molar-refractivity contribution in [3.05, 3.63) is 53.1 Å². The first-order chi connectivity index (χ1) is 14.4. The van der Waals surface area contributed by atoms with Crippen LogP contribution >= 0.6 is 0 Å². The van der Waals surface area contributed by atoms with Gasteiger partial charge in [0.15, 0.2) is 6.54 Å². The van der Waals surface area contributed by atoms with Crippen LogP contribution in [0.5, 0.6) is 11.5 Å². The fraction of sp³-hybridized carbons (Fsp3) is 0.391. The molecule has 2 aromatic rings. The Balaban J connectivity index is 1.56. The molecule has 1 aliphatic rings. The lowest BCUT2D eigenvalue weighted by Gasteiger charge is -2.32. The van der Waals surface area contributed by atoms with Gasteiger partial charge in [0, 0.05) is 17.3 Å². The third-order valence-electron chi connectivity index (χ3n) is 5.51. The summed E-state index contributed by atoms with van der Waals surface area (Å²) in [5, 5.41) is 3.04. The third kappa shape index (κ3) is 5.10. The topological polar surface area (TPSA) is 72.3 Å². The maximum absolute atomic E-state index is 12.9. The molecule has 30 heavy (non-hydrogen) atoms. The minimum Gasteiger partial charge on any atom is -0.497 e. The van der Waals surface area contributed by atoms with Crippen molar-refractivity contribution in [3.8, 4) is 11.5 Å². The van der Waals surface area contributed by atoms with Crippen molar-refractivity contribution in [3.63, 3.8) is 0 Å². The normalized spacial score (nSPS) is 14.3. The minimum absolute atomic E-state index is 0.000270. The quantitative estimate of drug-likeness (QED) is 0.750. The molecule has 2 N–H and O–H groups in total. The Morgan fingerprint density at radius 1 is 1.00 bits per heavy atom. The lowest BCUT2D eigenvalue weighted by Crippen LogP contribution is -3.15. The Morgan fingerprint density at radius 3 is 2.10 bits per heavy atom. The standard InChI is InChI=1S/C23H29N3O4/c1-16-6-5-7-17(2)22(16)24-21(27)15-25-8-10-26(11-9-25)23(28)18-12-19(29-3)14-20(13-18)30-4/h5-7,12-14H,8-11,15H2,1-4H3,(H,24,27)/p+1. The number of ether oxygens (including phenoxy) is 2. The maximum Gasteiger partial charge on any atom is 0.279 e. The van der Waals surface area contributed by atoms with Crippen LogP contribution in [0.15, 0.2) is 36.4 Å². The van der Waals surface area contributed by atoms with Gasteiger partial charge < -0.3 is 24.6 Å². The fourth-order valence-corrected chi connectivity index (χ4v) is 3.74. The molecule has 0 spiro atoms. The lowest BCUT2D eigenvalue weighted by molar-refractivity contribution is -0.895. The number of benzene rings is 2. The summed E-state index contributed by atoms with van der Waals surface area (Å²) in [6, 6.07) is 11.2. The molecule has 0 saturated carbocycles. The molecule has 3 rings (SSSR count). The largest absolute Gasteiger partial charge is 0.497 e. The second kappa shape index (κ2) is 9.63. The molecular weight excluding hydrogens is 382 g/mol. The number of anilines is 1. The zero-order valence-corrected chi connectivity index (χ0v) is 18.1. The number of piperazine rings is 1. The number of nitrogens with one attached hydrogen (secondary N) is 2. The first kappa shape index (κ1) is 21.6. The summed E-state index contributed by atoms with van der Waals surface area (Å²) in [7, 11) is 3.13. The van der Waals surface area contributed by atoms with Gasteiger partial charge in [-0.05, 0) is 37.1 Å². The number of carbonyl (C=O) groups is 2. The highest BCUT2D eigenvalue weighted by Gasteiger charge is 2.26. The first-order valence-electron chi connectivity index (χ1n) is 10.1. The molecular formula is C23H30N3O4+. The van der Waals surface area contributed by atoms with Crippen LogP contribution in [0.3, 0.4) is 0 Å². The summed E-state index contributed by atoms with van der Waals surface area (Å²) in [5.74, 6) is 1.13. The van der Waals surface area contributed by atoms with E-state index in [9.17, 15) is 9.59 Å². The molecule has 7 nitrogen and oxygen atoms in total. The van der Waals surface area contributed by atoms with E-state index in [4.69, 9.17) is 9.47 Å². The van der Waals surface area contributed by atoms with Crippen LogP contribution in [-0.4, -0.2) is 63.7 Å². The summed E-state index contributed by atoms with van der Waals surface area (Å²) in [6.45, 7) is 7.04. The molecule has 0 aromatic heterocycles. The van der Waals surface area contributed by atoms with E-state index >= 15 is 0 Å². The highest BCUT2D eigenvalue weighted by atomic mass is 16.5. The Labute approximate surface area is 177 Å². The smallest absolute Gasteiger partial charge is 0.279 e. The summed E-state index contributed by atoms with van der Waals surface area (Å²) in [5.41, 5.74) is 3.55. The second-order valence-electron chi connectivity index (χ2n) is 7.64. The van der Waals surface area contributed by atoms with E-state index in [-0.39, 0.29) is 11.8 Å². The van der Waals surface area contributed by atoms with Crippen LogP contribution in [0.4, 0.5) is 5.69 Å². The number of hydrogen-bond donors (Lipinski definition) is 2. The first-order valence-corrected chi connectivity index (χ1v) is 10.1. The Morgan fingerprint density at radius 2 is 1.57 bits per heavy atom. The van der Waals surface area contributed by atoms with E-state index in [1.165, 1.54) is 4.90 Å². The predicted octanol–water partition coefficient (Wildman–Crippen LogP) is 1.30. The predicted molar refractivity (Wildman–Crippen MR) is 116 cm³/mol. The summed E-state index contributed by atoms with van der Waals surface area (Å²) in [4.78, 5) is 28.4. The molecule has 1 saturated heterocycles. The van der Waals surface area contributed by atoms with Crippen molar-refractivity contribution in [2.45, 2.75) is 13.8 Å². The van der Waals surface area contributed by atoms with E-state index in [1.807, 2.05) is 36.9 Å². The molecule has 0 bridgehead atoms. The van der Waals surface area contributed by atoms with Gasteiger partial charge in [-0.1, -0.05) is 18.2 Å². The number of rotatable bonds is 6. The number of amides is 2. The summed E-state index contributed by atoms with van der Waals surface area (Å²) < 4.78 is 10.5. The average Bonchev–Trinajstić information content (AvgIpc) is 2.76. The van der Waals surface area contributed by atoms with Crippen LogP contribution < -0.4 is 19.7 Å². The zero-order chi connectivity index (χ0) is 21.7. The number of carbonyl (C=O) groups excluding carboxylic acids is 2. The highest BCUT2D eigenvalue weighted by molar-refractivity contribution is 5.95. The summed E-state index contributed by atoms with van der Waals surface area (Å²) >= 11 is 0. The molecule has 160 valence electrons. The van der Waals surface area contributed by atoms with Crippen molar-refractivity contribution < 1.29 is 24.0 Å². The van der Waals surface area contributed by atoms with Gasteiger partial charge in [-0.25, -0.2) is 0 Å². The van der Waals surface area contributed by atoms with Crippen molar-refractivity contribution in [1.82, 2.24) is 4.90 Å². The van der Waals surface area contributed by atoms with Gasteiger partial charge in [-0.2, -0.15) is 0 Å². The van der Waals surface area contributed by atoms with Gasteiger partial charge in [-0.3, -0.25) is 9.59 Å². The molecule has 2 amide bonds. The van der Waals surface area contributed by atoms with Crippen molar-refractivity contribution in [2.24, 2.45) is 0 Å². The minimum atomic E-state index is -0.0498. The molecule has 1 aliphatic heterocycles. The summed E-state index contributed by atoms with van der Waals surface area (Å²) in [6.07, 6.45) is 0. The van der Waals surface area contributed by atoms with Gasteiger partial charge in [0.1, 0.15) is 11.5 Å². The Hall–Kier alpha value is -3.06. The third-order valence-corrected chi connectivity index (χ3v) is 5.51. The lowest BCUT2D eigenvalue weighted by atomic mass is 10.1. The van der Waals surface area contributed by atoms with Crippen molar-refractivity contribution in [2.75, 3.05) is 52.3 Å². The van der Waals surface area contributed by atoms with E-state index in [1.54, 1.807) is 32.4 Å². The van der Waals surface area contributed by atoms with E-state index in [0.717, 1.165) is 29.9 Å².